The number of hydrogen-bond donors (Lipinski definition) is 0. The number of esters is 2. The van der Waals surface area contributed by atoms with Crippen LogP contribution in [0.15, 0.2) is 0 Å². The topological polar surface area (TPSA) is 52.6 Å². The molecule has 0 aromatic carbocycles. The summed E-state index contributed by atoms with van der Waals surface area (Å²) in [6.07, 6.45) is 2.46. The van der Waals surface area contributed by atoms with Gasteiger partial charge in [0.25, 0.3) is 0 Å². The average molecular weight is 381 g/mol. The Morgan fingerprint density at radius 1 is 0.720 bits per heavy atom. The highest BCUT2D eigenvalue weighted by Gasteiger charge is 2.12. The Balaban J connectivity index is 3.73. The van der Waals surface area contributed by atoms with E-state index in [2.05, 4.69) is 62.2 Å². The van der Waals surface area contributed by atoms with Gasteiger partial charge in [-0.25, -0.2) is 0 Å². The van der Waals surface area contributed by atoms with Crippen LogP contribution in [0.1, 0.15) is 32.1 Å². The third-order valence-electron chi connectivity index (χ3n) is 2.63. The van der Waals surface area contributed by atoms with E-state index in [1.165, 1.54) is 0 Å². The van der Waals surface area contributed by atoms with Crippen molar-refractivity contribution in [1.82, 2.24) is 0 Å². The molecular weight excluding hydrogens is 348 g/mol. The Hall–Kier alpha value is -1.51. The minimum absolute atomic E-state index is 0.290. The van der Waals surface area contributed by atoms with Gasteiger partial charge in [0.1, 0.15) is 22.6 Å². The van der Waals surface area contributed by atoms with Gasteiger partial charge < -0.3 is 9.47 Å². The number of hydrogen-bond acceptors (Lipinski definition) is 4. The highest BCUT2D eigenvalue weighted by molar-refractivity contribution is 6.84. The number of carbonyl (C=O) groups is 2. The van der Waals surface area contributed by atoms with E-state index < -0.39 is 28.1 Å². The summed E-state index contributed by atoms with van der Waals surface area (Å²) in [5.41, 5.74) is 6.51. The predicted octanol–water partition coefficient (Wildman–Crippen LogP) is 3.78. The van der Waals surface area contributed by atoms with Crippen LogP contribution in [-0.2, 0) is 19.1 Å². The van der Waals surface area contributed by atoms with Gasteiger partial charge in [-0.05, 0) is 12.8 Å². The van der Waals surface area contributed by atoms with E-state index >= 15 is 0 Å². The van der Waals surface area contributed by atoms with Crippen LogP contribution in [0, 0.1) is 22.9 Å². The van der Waals surface area contributed by atoms with E-state index in [4.69, 9.17) is 9.47 Å². The molecule has 0 aromatic rings. The average Bonchev–Trinajstić information content (AvgIpc) is 2.44. The van der Waals surface area contributed by atoms with Crippen molar-refractivity contribution in [2.75, 3.05) is 13.2 Å². The van der Waals surface area contributed by atoms with Gasteiger partial charge in [0, 0.05) is 12.8 Å². The largest absolute Gasteiger partial charge is 0.465 e. The van der Waals surface area contributed by atoms with E-state index in [9.17, 15) is 9.59 Å². The summed E-state index contributed by atoms with van der Waals surface area (Å²) in [5.74, 6) is 5.15. The van der Waals surface area contributed by atoms with Gasteiger partial charge in [-0.15, -0.1) is 22.9 Å². The summed E-state index contributed by atoms with van der Waals surface area (Å²) in [6.45, 7) is 13.7. The Morgan fingerprint density at radius 2 is 1.08 bits per heavy atom. The minimum Gasteiger partial charge on any atom is -0.465 e. The second-order valence-corrected chi connectivity index (χ2v) is 17.4. The molecule has 6 heteroatoms. The van der Waals surface area contributed by atoms with Gasteiger partial charge in [-0.2, -0.15) is 0 Å². The van der Waals surface area contributed by atoms with Gasteiger partial charge in [0.05, 0.1) is 13.2 Å². The maximum absolute atomic E-state index is 11.5. The molecule has 0 saturated carbocycles. The number of ether oxygens (including phenoxy) is 2. The Labute approximate surface area is 155 Å². The lowest BCUT2D eigenvalue weighted by Crippen LogP contribution is -2.16. The van der Waals surface area contributed by atoms with E-state index in [-0.39, 0.29) is 6.42 Å². The summed E-state index contributed by atoms with van der Waals surface area (Å²) in [6, 6.07) is 0. The maximum atomic E-state index is 11.5. The molecule has 0 amide bonds. The van der Waals surface area contributed by atoms with Crippen LogP contribution in [-0.4, -0.2) is 41.3 Å². The van der Waals surface area contributed by atoms with Gasteiger partial charge in [-0.3, -0.25) is 9.59 Å². The molecule has 0 spiro atoms. The van der Waals surface area contributed by atoms with Crippen LogP contribution in [0.3, 0.4) is 0 Å². The Morgan fingerprint density at radius 3 is 1.40 bits per heavy atom. The smallest absolute Gasteiger partial charge is 0.317 e. The molecule has 25 heavy (non-hydrogen) atoms. The summed E-state index contributed by atoms with van der Waals surface area (Å²) < 4.78 is 10.0. The second kappa shape index (κ2) is 11.9. The van der Waals surface area contributed by atoms with Crippen molar-refractivity contribution in [2.45, 2.75) is 71.4 Å². The van der Waals surface area contributed by atoms with E-state index in [0.29, 0.717) is 38.9 Å². The summed E-state index contributed by atoms with van der Waals surface area (Å²) in [7, 11) is -2.66. The van der Waals surface area contributed by atoms with Crippen molar-refractivity contribution in [3.05, 3.63) is 0 Å². The van der Waals surface area contributed by atoms with Crippen molar-refractivity contribution in [1.29, 1.82) is 0 Å². The molecule has 0 N–H and O–H groups in total. The molecule has 0 saturated heterocycles. The van der Waals surface area contributed by atoms with E-state index in [0.717, 1.165) is 0 Å². The Bertz CT molecular complexity index is 498. The van der Waals surface area contributed by atoms with Gasteiger partial charge in [-0.1, -0.05) is 39.3 Å². The van der Waals surface area contributed by atoms with Crippen molar-refractivity contribution >= 4 is 28.1 Å². The normalized spacial score (nSPS) is 10.8. The number of rotatable bonds is 8. The zero-order chi connectivity index (χ0) is 19.3. The lowest BCUT2D eigenvalue weighted by Gasteiger charge is -2.05. The monoisotopic (exact) mass is 380 g/mol. The molecule has 4 nitrogen and oxygen atoms in total. The zero-order valence-corrected chi connectivity index (χ0v) is 18.6. The molecule has 0 aliphatic heterocycles. The maximum Gasteiger partial charge on any atom is 0.317 e. The molecule has 0 fully saturated rings. The van der Waals surface area contributed by atoms with Gasteiger partial charge in [0.15, 0.2) is 0 Å². The van der Waals surface area contributed by atoms with Crippen molar-refractivity contribution in [3.63, 3.8) is 0 Å². The molecule has 0 atom stereocenters. The summed E-state index contributed by atoms with van der Waals surface area (Å²) >= 11 is 0. The molecule has 0 aliphatic carbocycles. The van der Waals surface area contributed by atoms with Crippen molar-refractivity contribution in [2.24, 2.45) is 0 Å². The molecule has 0 aliphatic rings. The first-order chi connectivity index (χ1) is 11.5. The van der Waals surface area contributed by atoms with Crippen LogP contribution in [0.2, 0.25) is 39.3 Å². The fourth-order valence-electron chi connectivity index (χ4n) is 1.57. The number of unbranched alkanes of at least 4 members (excludes halogenated alkanes) is 2. The minimum atomic E-state index is -1.33. The molecule has 0 rings (SSSR count). The van der Waals surface area contributed by atoms with Crippen LogP contribution in [0.4, 0.5) is 0 Å². The zero-order valence-electron chi connectivity index (χ0n) is 16.6. The van der Waals surface area contributed by atoms with Crippen molar-refractivity contribution in [3.8, 4) is 22.9 Å². The molecule has 0 aromatic heterocycles. The third kappa shape index (κ3) is 18.7. The second-order valence-electron chi connectivity index (χ2n) is 7.93. The van der Waals surface area contributed by atoms with Crippen LogP contribution < -0.4 is 0 Å². The van der Waals surface area contributed by atoms with Gasteiger partial charge in [0.2, 0.25) is 0 Å². The fourth-order valence-corrected chi connectivity index (χ4v) is 2.88. The lowest BCUT2D eigenvalue weighted by molar-refractivity contribution is -0.154. The standard InChI is InChI=1S/C19H32O4Si2/c1-24(2,3)15-11-7-9-13-22-18(20)17-19(21)23-14-10-8-12-16-25(4,5)6/h7-10,13-14,17H2,1-6H3. The molecule has 0 radical (unpaired) electrons. The fraction of sp³-hybridized carbons (Fsp3) is 0.684. The van der Waals surface area contributed by atoms with Crippen molar-refractivity contribution < 1.29 is 19.1 Å². The van der Waals surface area contributed by atoms with Crippen LogP contribution >= 0.6 is 0 Å². The van der Waals surface area contributed by atoms with Crippen LogP contribution in [0.5, 0.6) is 0 Å². The summed E-state index contributed by atoms with van der Waals surface area (Å²) in [5, 5.41) is 0. The SMILES string of the molecule is C[Si](C)(C)C#CCCCOC(=O)CC(=O)OCCCC#C[Si](C)(C)C. The molecule has 0 unspecified atom stereocenters. The molecule has 0 bridgehead atoms. The first-order valence-electron chi connectivity index (χ1n) is 8.81. The first-order valence-corrected chi connectivity index (χ1v) is 15.8. The van der Waals surface area contributed by atoms with E-state index in [1.54, 1.807) is 0 Å². The first kappa shape index (κ1) is 23.5. The van der Waals surface area contributed by atoms with E-state index in [1.807, 2.05) is 0 Å². The number of carbonyl (C=O) groups excluding carboxylic acids is 2. The quantitative estimate of drug-likeness (QED) is 0.211. The lowest BCUT2D eigenvalue weighted by atomic mass is 10.3. The molecule has 0 heterocycles. The van der Waals surface area contributed by atoms with Crippen LogP contribution in [0.25, 0.3) is 0 Å². The Kier molecular flexibility index (Phi) is 11.2. The predicted molar refractivity (Wildman–Crippen MR) is 107 cm³/mol. The third-order valence-corrected chi connectivity index (χ3v) is 4.49. The van der Waals surface area contributed by atoms with Gasteiger partial charge >= 0.3 is 11.9 Å². The highest BCUT2D eigenvalue weighted by atomic mass is 28.3. The molecule has 140 valence electrons. The highest BCUT2D eigenvalue weighted by Crippen LogP contribution is 2.00. The summed E-state index contributed by atoms with van der Waals surface area (Å²) in [4.78, 5) is 23.0. The molecular formula is C19H32O4Si2.